The van der Waals surface area contributed by atoms with E-state index >= 15 is 0 Å². The van der Waals surface area contributed by atoms with Gasteiger partial charge in [-0.2, -0.15) is 5.10 Å². The second-order valence-corrected chi connectivity index (χ2v) is 6.28. The Labute approximate surface area is 156 Å². The van der Waals surface area contributed by atoms with E-state index in [1.54, 1.807) is 18.2 Å². The maximum absolute atomic E-state index is 14.8. The van der Waals surface area contributed by atoms with E-state index < -0.39 is 0 Å². The van der Waals surface area contributed by atoms with Crippen LogP contribution in [0.3, 0.4) is 0 Å². The zero-order valence-electron chi connectivity index (χ0n) is 15.3. The minimum absolute atomic E-state index is 0.0768. The van der Waals surface area contributed by atoms with E-state index in [4.69, 9.17) is 9.47 Å². The molecule has 6 nitrogen and oxygen atoms in total. The lowest BCUT2D eigenvalue weighted by Crippen LogP contribution is -2.21. The molecular formula is C20H22FN3O3. The van der Waals surface area contributed by atoms with Gasteiger partial charge in [-0.25, -0.2) is 4.39 Å². The van der Waals surface area contributed by atoms with Crippen molar-refractivity contribution in [3.05, 3.63) is 47.8 Å². The second kappa shape index (κ2) is 8.64. The molecule has 1 unspecified atom stereocenters. The van der Waals surface area contributed by atoms with Crippen LogP contribution in [0.25, 0.3) is 22.2 Å². The fourth-order valence-electron chi connectivity index (χ4n) is 2.94. The van der Waals surface area contributed by atoms with E-state index in [0.717, 1.165) is 10.9 Å². The van der Waals surface area contributed by atoms with Crippen molar-refractivity contribution >= 4 is 17.3 Å². The number of amides is 1. The topological polar surface area (TPSA) is 76.2 Å². The number of rotatable bonds is 9. The summed E-state index contributed by atoms with van der Waals surface area (Å²) >= 11 is 0. The summed E-state index contributed by atoms with van der Waals surface area (Å²) in [5, 5.41) is 10.6. The zero-order chi connectivity index (χ0) is 19.2. The third-order valence-electron chi connectivity index (χ3n) is 4.28. The highest BCUT2D eigenvalue weighted by Gasteiger charge is 2.16. The lowest BCUT2D eigenvalue weighted by molar-refractivity contribution is -0.109. The summed E-state index contributed by atoms with van der Waals surface area (Å²) in [6.45, 7) is 2.67. The SMILES string of the molecule is COCc1cccc(-c2n[nH]c3ccc(OC(C)CCNC=O)cc23)c1F. The summed E-state index contributed by atoms with van der Waals surface area (Å²) in [5.74, 6) is 0.324. The fourth-order valence-corrected chi connectivity index (χ4v) is 2.94. The highest BCUT2D eigenvalue weighted by Crippen LogP contribution is 2.32. The van der Waals surface area contributed by atoms with Crippen molar-refractivity contribution in [2.75, 3.05) is 13.7 Å². The molecule has 7 heteroatoms. The third-order valence-corrected chi connectivity index (χ3v) is 4.28. The number of nitrogens with zero attached hydrogens (tertiary/aromatic N) is 1. The molecule has 3 rings (SSSR count). The number of H-pyrrole nitrogens is 1. The van der Waals surface area contributed by atoms with Gasteiger partial charge in [-0.05, 0) is 31.2 Å². The predicted molar refractivity (Wildman–Crippen MR) is 101 cm³/mol. The number of carbonyl (C=O) groups excluding carboxylic acids is 1. The molecule has 0 radical (unpaired) electrons. The molecule has 27 heavy (non-hydrogen) atoms. The van der Waals surface area contributed by atoms with Gasteiger partial charge in [-0.3, -0.25) is 9.89 Å². The molecule has 1 aromatic heterocycles. The van der Waals surface area contributed by atoms with E-state index in [0.29, 0.717) is 41.9 Å². The smallest absolute Gasteiger partial charge is 0.207 e. The molecule has 0 aliphatic heterocycles. The van der Waals surface area contributed by atoms with Crippen LogP contribution in [0.5, 0.6) is 5.75 Å². The number of aromatic amines is 1. The number of hydrogen-bond acceptors (Lipinski definition) is 4. The van der Waals surface area contributed by atoms with E-state index in [2.05, 4.69) is 15.5 Å². The number of ether oxygens (including phenoxy) is 2. The summed E-state index contributed by atoms with van der Waals surface area (Å²) in [6, 6.07) is 10.7. The minimum Gasteiger partial charge on any atom is -0.491 e. The van der Waals surface area contributed by atoms with Crippen LogP contribution < -0.4 is 10.1 Å². The van der Waals surface area contributed by atoms with E-state index in [9.17, 15) is 9.18 Å². The molecule has 0 saturated heterocycles. The van der Waals surface area contributed by atoms with Crippen molar-refractivity contribution in [1.29, 1.82) is 0 Å². The number of benzene rings is 2. The molecule has 0 bridgehead atoms. The van der Waals surface area contributed by atoms with Crippen molar-refractivity contribution in [1.82, 2.24) is 15.5 Å². The standard InChI is InChI=1S/C20H22FN3O3/c1-13(8-9-22-12-25)27-15-6-7-18-17(10-15)20(24-23-18)16-5-3-4-14(11-26-2)19(16)21/h3-7,10,12-13H,8-9,11H2,1-2H3,(H,22,25)(H,23,24). The fraction of sp³-hybridized carbons (Fsp3) is 0.300. The van der Waals surface area contributed by atoms with Crippen molar-refractivity contribution in [2.45, 2.75) is 26.1 Å². The average molecular weight is 371 g/mol. The summed E-state index contributed by atoms with van der Waals surface area (Å²) in [6.07, 6.45) is 1.28. The molecule has 0 saturated carbocycles. The first-order valence-electron chi connectivity index (χ1n) is 8.72. The summed E-state index contributed by atoms with van der Waals surface area (Å²) in [5.41, 5.74) is 2.22. The Hall–Kier alpha value is -2.93. The third kappa shape index (κ3) is 4.25. The second-order valence-electron chi connectivity index (χ2n) is 6.28. The number of carbonyl (C=O) groups is 1. The Morgan fingerprint density at radius 1 is 1.33 bits per heavy atom. The van der Waals surface area contributed by atoms with Gasteiger partial charge in [0, 0.05) is 36.6 Å². The van der Waals surface area contributed by atoms with Crippen LogP contribution >= 0.6 is 0 Å². The van der Waals surface area contributed by atoms with E-state index in [1.165, 1.54) is 7.11 Å². The van der Waals surface area contributed by atoms with Gasteiger partial charge in [0.15, 0.2) is 0 Å². The summed E-state index contributed by atoms with van der Waals surface area (Å²) in [4.78, 5) is 10.3. The molecule has 1 atom stereocenters. The largest absolute Gasteiger partial charge is 0.491 e. The normalized spacial score (nSPS) is 12.1. The Morgan fingerprint density at radius 3 is 2.96 bits per heavy atom. The maximum atomic E-state index is 14.8. The number of halogens is 1. The number of nitrogens with one attached hydrogen (secondary N) is 2. The van der Waals surface area contributed by atoms with Gasteiger partial charge in [0.05, 0.1) is 18.2 Å². The molecule has 0 fully saturated rings. The number of aromatic nitrogens is 2. The van der Waals surface area contributed by atoms with Gasteiger partial charge >= 0.3 is 0 Å². The Bertz CT molecular complexity index is 926. The van der Waals surface area contributed by atoms with Crippen molar-refractivity contribution in [3.63, 3.8) is 0 Å². The van der Waals surface area contributed by atoms with Crippen molar-refractivity contribution in [3.8, 4) is 17.0 Å². The molecule has 0 aliphatic rings. The molecule has 1 amide bonds. The van der Waals surface area contributed by atoms with Gasteiger partial charge < -0.3 is 14.8 Å². The molecule has 142 valence electrons. The predicted octanol–water partition coefficient (Wildman–Crippen LogP) is 3.42. The van der Waals surface area contributed by atoms with Gasteiger partial charge in [0.1, 0.15) is 17.3 Å². The van der Waals surface area contributed by atoms with Crippen LogP contribution in [0.4, 0.5) is 4.39 Å². The Kier molecular flexibility index (Phi) is 6.03. The van der Waals surface area contributed by atoms with Gasteiger partial charge in [0.25, 0.3) is 0 Å². The monoisotopic (exact) mass is 371 g/mol. The maximum Gasteiger partial charge on any atom is 0.207 e. The molecule has 2 aromatic carbocycles. The zero-order valence-corrected chi connectivity index (χ0v) is 15.3. The molecular weight excluding hydrogens is 349 g/mol. The van der Waals surface area contributed by atoms with Crippen molar-refractivity contribution < 1.29 is 18.7 Å². The van der Waals surface area contributed by atoms with Gasteiger partial charge in [0.2, 0.25) is 6.41 Å². The van der Waals surface area contributed by atoms with Gasteiger partial charge in [-0.1, -0.05) is 12.1 Å². The first-order valence-corrected chi connectivity index (χ1v) is 8.72. The molecule has 3 aromatic rings. The van der Waals surface area contributed by atoms with E-state index in [-0.39, 0.29) is 18.5 Å². The number of fused-ring (bicyclic) bond motifs is 1. The number of hydrogen-bond donors (Lipinski definition) is 2. The van der Waals surface area contributed by atoms with Crippen LogP contribution in [0.15, 0.2) is 36.4 Å². The van der Waals surface area contributed by atoms with Gasteiger partial charge in [-0.15, -0.1) is 0 Å². The first-order chi connectivity index (χ1) is 13.1. The molecule has 0 spiro atoms. The quantitative estimate of drug-likeness (QED) is 0.446. The minimum atomic E-state index is -0.340. The lowest BCUT2D eigenvalue weighted by atomic mass is 10.0. The van der Waals surface area contributed by atoms with Crippen LogP contribution in [-0.2, 0) is 16.1 Å². The summed E-state index contributed by atoms with van der Waals surface area (Å²) < 4.78 is 25.8. The molecule has 0 aliphatic carbocycles. The van der Waals surface area contributed by atoms with Crippen LogP contribution in [0.1, 0.15) is 18.9 Å². The molecule has 2 N–H and O–H groups in total. The first kappa shape index (κ1) is 18.8. The highest BCUT2D eigenvalue weighted by molar-refractivity contribution is 5.94. The van der Waals surface area contributed by atoms with E-state index in [1.807, 2.05) is 25.1 Å². The lowest BCUT2D eigenvalue weighted by Gasteiger charge is -2.14. The number of methoxy groups -OCH3 is 1. The van der Waals surface area contributed by atoms with Crippen LogP contribution in [-0.4, -0.2) is 36.4 Å². The Morgan fingerprint density at radius 2 is 2.19 bits per heavy atom. The van der Waals surface area contributed by atoms with Crippen molar-refractivity contribution in [2.24, 2.45) is 0 Å². The van der Waals surface area contributed by atoms with Crippen LogP contribution in [0.2, 0.25) is 0 Å². The molecule has 1 heterocycles. The Balaban J connectivity index is 1.90. The highest BCUT2D eigenvalue weighted by atomic mass is 19.1. The van der Waals surface area contributed by atoms with Crippen LogP contribution in [0, 0.1) is 5.82 Å². The average Bonchev–Trinajstić information content (AvgIpc) is 3.07. The summed E-state index contributed by atoms with van der Waals surface area (Å²) in [7, 11) is 1.53.